The Hall–Kier alpha value is -1.59. The summed E-state index contributed by atoms with van der Waals surface area (Å²) in [5.74, 6) is 0.800. The minimum atomic E-state index is 0.0656. The van der Waals surface area contributed by atoms with Crippen molar-refractivity contribution in [1.82, 2.24) is 9.97 Å². The number of benzene rings is 1. The lowest BCUT2D eigenvalue weighted by Crippen LogP contribution is -2.21. The second-order valence-corrected chi connectivity index (χ2v) is 4.62. The summed E-state index contributed by atoms with van der Waals surface area (Å²) >= 11 is 1.59. The first-order valence-electron chi connectivity index (χ1n) is 5.71. The highest BCUT2D eigenvalue weighted by molar-refractivity contribution is 7.98. The number of anilines is 1. The molecule has 5 heteroatoms. The van der Waals surface area contributed by atoms with Gasteiger partial charge in [0.2, 0.25) is 0 Å². The molecule has 0 amide bonds. The van der Waals surface area contributed by atoms with Crippen LogP contribution in [0, 0.1) is 0 Å². The molecule has 0 bridgehead atoms. The number of nitrogens with one attached hydrogen (secondary N) is 1. The van der Waals surface area contributed by atoms with Crippen LogP contribution in [0.3, 0.4) is 0 Å². The second kappa shape index (κ2) is 6.37. The third-order valence-corrected chi connectivity index (χ3v) is 3.25. The van der Waals surface area contributed by atoms with Crippen LogP contribution in [-0.4, -0.2) is 22.8 Å². The number of nitrogens with zero attached hydrogens (tertiary/aromatic N) is 2. The second-order valence-electron chi connectivity index (χ2n) is 3.79. The van der Waals surface area contributed by atoms with Crippen molar-refractivity contribution in [3.8, 4) is 0 Å². The van der Waals surface area contributed by atoms with Crippen molar-refractivity contribution in [3.05, 3.63) is 48.3 Å². The summed E-state index contributed by atoms with van der Waals surface area (Å²) in [6.07, 6.45) is 3.55. The lowest BCUT2D eigenvalue weighted by molar-refractivity contribution is 0.781. The largest absolute Gasteiger partial charge is 0.362 e. The van der Waals surface area contributed by atoms with Crippen LogP contribution < -0.4 is 11.1 Å². The molecule has 0 saturated carbocycles. The van der Waals surface area contributed by atoms with E-state index in [0.29, 0.717) is 6.54 Å². The Labute approximate surface area is 111 Å². The summed E-state index contributed by atoms with van der Waals surface area (Å²) in [6.45, 7) is 0.516. The molecular weight excluding hydrogens is 244 g/mol. The van der Waals surface area contributed by atoms with E-state index in [1.165, 1.54) is 0 Å². The molecule has 94 valence electrons. The van der Waals surface area contributed by atoms with Crippen LogP contribution >= 0.6 is 11.8 Å². The van der Waals surface area contributed by atoms with Crippen LogP contribution in [0.4, 0.5) is 5.82 Å². The predicted molar refractivity (Wildman–Crippen MR) is 75.7 cm³/mol. The third-order valence-electron chi connectivity index (χ3n) is 2.61. The predicted octanol–water partition coefficient (Wildman–Crippen LogP) is 2.31. The van der Waals surface area contributed by atoms with Crippen LogP contribution in [-0.2, 0) is 0 Å². The number of aromatic nitrogens is 2. The monoisotopic (exact) mass is 260 g/mol. The van der Waals surface area contributed by atoms with Gasteiger partial charge in [0.1, 0.15) is 17.2 Å². The average molecular weight is 260 g/mol. The number of hydrogen-bond acceptors (Lipinski definition) is 5. The summed E-state index contributed by atoms with van der Waals surface area (Å²) in [5, 5.41) is 4.27. The Kier molecular flexibility index (Phi) is 4.55. The van der Waals surface area contributed by atoms with Crippen LogP contribution in [0.5, 0.6) is 0 Å². The van der Waals surface area contributed by atoms with Crippen molar-refractivity contribution in [2.75, 3.05) is 18.1 Å². The third kappa shape index (κ3) is 3.21. The number of rotatable bonds is 5. The number of thioether (sulfide) groups is 1. The van der Waals surface area contributed by atoms with Crippen molar-refractivity contribution in [2.24, 2.45) is 5.73 Å². The molecule has 0 saturated heterocycles. The van der Waals surface area contributed by atoms with E-state index in [9.17, 15) is 0 Å². The average Bonchev–Trinajstić information content (AvgIpc) is 2.46. The van der Waals surface area contributed by atoms with Gasteiger partial charge in [0, 0.05) is 12.6 Å². The van der Waals surface area contributed by atoms with E-state index in [0.717, 1.165) is 16.4 Å². The molecule has 1 aromatic carbocycles. The van der Waals surface area contributed by atoms with Crippen molar-refractivity contribution >= 4 is 17.6 Å². The Bertz CT molecular complexity index is 489. The van der Waals surface area contributed by atoms with E-state index >= 15 is 0 Å². The summed E-state index contributed by atoms with van der Waals surface area (Å²) in [6, 6.07) is 12.1. The Morgan fingerprint density at radius 1 is 1.28 bits per heavy atom. The Morgan fingerprint density at radius 2 is 2.06 bits per heavy atom. The quantitative estimate of drug-likeness (QED) is 0.638. The SMILES string of the molecule is CSc1cc(NC(CN)c2ccccc2)ncn1. The summed E-state index contributed by atoms with van der Waals surface area (Å²) in [5.41, 5.74) is 6.97. The van der Waals surface area contributed by atoms with Crippen molar-refractivity contribution in [3.63, 3.8) is 0 Å². The van der Waals surface area contributed by atoms with Gasteiger partial charge in [0.15, 0.2) is 0 Å². The van der Waals surface area contributed by atoms with Gasteiger partial charge >= 0.3 is 0 Å². The molecule has 1 unspecified atom stereocenters. The minimum absolute atomic E-state index is 0.0656. The first-order valence-corrected chi connectivity index (χ1v) is 6.93. The molecule has 0 spiro atoms. The molecule has 0 radical (unpaired) electrons. The summed E-state index contributed by atoms with van der Waals surface area (Å²) < 4.78 is 0. The highest BCUT2D eigenvalue weighted by Gasteiger charge is 2.09. The van der Waals surface area contributed by atoms with Crippen LogP contribution in [0.15, 0.2) is 47.8 Å². The Balaban J connectivity index is 2.15. The fraction of sp³-hybridized carbons (Fsp3) is 0.231. The van der Waals surface area contributed by atoms with Gasteiger partial charge in [-0.3, -0.25) is 0 Å². The van der Waals surface area contributed by atoms with Crippen molar-refractivity contribution < 1.29 is 0 Å². The van der Waals surface area contributed by atoms with Gasteiger partial charge in [-0.2, -0.15) is 0 Å². The highest BCUT2D eigenvalue weighted by Crippen LogP contribution is 2.19. The fourth-order valence-electron chi connectivity index (χ4n) is 1.67. The fourth-order valence-corrected chi connectivity index (χ4v) is 2.05. The normalized spacial score (nSPS) is 12.1. The molecule has 1 atom stereocenters. The van der Waals surface area contributed by atoms with E-state index in [-0.39, 0.29) is 6.04 Å². The smallest absolute Gasteiger partial charge is 0.131 e. The van der Waals surface area contributed by atoms with Gasteiger partial charge < -0.3 is 11.1 Å². The van der Waals surface area contributed by atoms with Gasteiger partial charge in [-0.1, -0.05) is 30.3 Å². The molecule has 2 aromatic rings. The molecule has 0 fully saturated rings. The molecule has 18 heavy (non-hydrogen) atoms. The zero-order chi connectivity index (χ0) is 12.8. The maximum atomic E-state index is 5.81. The van der Waals surface area contributed by atoms with Crippen LogP contribution in [0.25, 0.3) is 0 Å². The van der Waals surface area contributed by atoms with Crippen LogP contribution in [0.1, 0.15) is 11.6 Å². The van der Waals surface area contributed by atoms with E-state index in [1.54, 1.807) is 18.1 Å². The van der Waals surface area contributed by atoms with E-state index in [4.69, 9.17) is 5.73 Å². The molecule has 1 heterocycles. The van der Waals surface area contributed by atoms with E-state index in [1.807, 2.05) is 30.5 Å². The molecule has 0 aliphatic carbocycles. The molecular formula is C13H16N4S. The lowest BCUT2D eigenvalue weighted by atomic mass is 10.1. The zero-order valence-corrected chi connectivity index (χ0v) is 11.0. The molecule has 2 rings (SSSR count). The first-order chi connectivity index (χ1) is 8.83. The molecule has 0 aliphatic rings. The molecule has 4 nitrogen and oxygen atoms in total. The minimum Gasteiger partial charge on any atom is -0.362 e. The maximum absolute atomic E-state index is 5.81. The van der Waals surface area contributed by atoms with Crippen LogP contribution in [0.2, 0.25) is 0 Å². The van der Waals surface area contributed by atoms with Gasteiger partial charge in [0.25, 0.3) is 0 Å². The molecule has 3 N–H and O–H groups in total. The molecule has 1 aromatic heterocycles. The van der Waals surface area contributed by atoms with Gasteiger partial charge in [-0.05, 0) is 11.8 Å². The van der Waals surface area contributed by atoms with E-state index < -0.39 is 0 Å². The van der Waals surface area contributed by atoms with Crippen molar-refractivity contribution in [1.29, 1.82) is 0 Å². The lowest BCUT2D eigenvalue weighted by Gasteiger charge is -2.17. The van der Waals surface area contributed by atoms with Gasteiger partial charge in [0.05, 0.1) is 6.04 Å². The Morgan fingerprint density at radius 3 is 2.72 bits per heavy atom. The van der Waals surface area contributed by atoms with Crippen molar-refractivity contribution in [2.45, 2.75) is 11.1 Å². The van der Waals surface area contributed by atoms with E-state index in [2.05, 4.69) is 27.4 Å². The standard InChI is InChI=1S/C13H16N4S/c1-18-13-7-12(15-9-16-13)17-11(8-14)10-5-3-2-4-6-10/h2-7,9,11H,8,14H2,1H3,(H,15,16,17). The first kappa shape index (κ1) is 12.9. The molecule has 0 aliphatic heterocycles. The zero-order valence-electron chi connectivity index (χ0n) is 10.2. The number of hydrogen-bond donors (Lipinski definition) is 2. The highest BCUT2D eigenvalue weighted by atomic mass is 32.2. The van der Waals surface area contributed by atoms with Gasteiger partial charge in [-0.25, -0.2) is 9.97 Å². The summed E-state index contributed by atoms with van der Waals surface area (Å²) in [4.78, 5) is 8.35. The number of nitrogens with two attached hydrogens (primary N) is 1. The van der Waals surface area contributed by atoms with Gasteiger partial charge in [-0.15, -0.1) is 11.8 Å². The topological polar surface area (TPSA) is 63.8 Å². The summed E-state index contributed by atoms with van der Waals surface area (Å²) in [7, 11) is 0. The maximum Gasteiger partial charge on any atom is 0.131 e.